The number of benzene rings is 2. The van der Waals surface area contributed by atoms with Gasteiger partial charge in [0.2, 0.25) is 0 Å². The maximum absolute atomic E-state index is 11.3. The van der Waals surface area contributed by atoms with Crippen LogP contribution in [-0.2, 0) is 0 Å². The van der Waals surface area contributed by atoms with Gasteiger partial charge in [0, 0.05) is 42.8 Å². The summed E-state index contributed by atoms with van der Waals surface area (Å²) >= 11 is 17.9. The van der Waals surface area contributed by atoms with Crippen LogP contribution < -0.4 is 4.90 Å². The predicted octanol–water partition coefficient (Wildman–Crippen LogP) is 5.66. The molecule has 4 rings (SSSR count). The summed E-state index contributed by atoms with van der Waals surface area (Å²) in [6, 6.07) is 15.7. The van der Waals surface area contributed by atoms with Crippen LogP contribution in [0.5, 0.6) is 0 Å². The number of anilines is 1. The standard InChI is InChI=1S/C21H17Cl2N3O3S/c22-14-5-6-15(16(23)13-14)19-7-8-20(29-19)21(30)25-11-9-24(10-12-25)17-3-1-2-4-18(17)26(27)28/h1-8,13H,9-12H2. The summed E-state index contributed by atoms with van der Waals surface area (Å²) in [6.07, 6.45) is 0. The fourth-order valence-corrected chi connectivity index (χ4v) is 4.27. The molecule has 1 saturated heterocycles. The van der Waals surface area contributed by atoms with Crippen molar-refractivity contribution in [2.24, 2.45) is 0 Å². The summed E-state index contributed by atoms with van der Waals surface area (Å²) in [5.41, 5.74) is 1.49. The van der Waals surface area contributed by atoms with Crippen molar-refractivity contribution in [3.63, 3.8) is 0 Å². The van der Waals surface area contributed by atoms with E-state index in [4.69, 9.17) is 39.8 Å². The number of para-hydroxylation sites is 2. The third-order valence-corrected chi connectivity index (χ3v) is 6.01. The van der Waals surface area contributed by atoms with E-state index in [0.717, 1.165) is 5.56 Å². The largest absolute Gasteiger partial charge is 0.454 e. The first-order valence-electron chi connectivity index (χ1n) is 9.27. The lowest BCUT2D eigenvalue weighted by molar-refractivity contribution is -0.384. The van der Waals surface area contributed by atoms with Gasteiger partial charge in [-0.25, -0.2) is 0 Å². The number of halogens is 2. The minimum absolute atomic E-state index is 0.115. The third-order valence-electron chi connectivity index (χ3n) is 5.00. The highest BCUT2D eigenvalue weighted by Crippen LogP contribution is 2.32. The third kappa shape index (κ3) is 4.14. The summed E-state index contributed by atoms with van der Waals surface area (Å²) in [4.78, 5) is 15.6. The summed E-state index contributed by atoms with van der Waals surface area (Å²) in [5.74, 6) is 1.21. The second-order valence-corrected chi connectivity index (χ2v) is 8.04. The molecule has 154 valence electrons. The van der Waals surface area contributed by atoms with Crippen LogP contribution in [0, 0.1) is 10.1 Å². The van der Waals surface area contributed by atoms with E-state index in [1.165, 1.54) is 6.07 Å². The number of thiocarbonyl (C=S) groups is 1. The van der Waals surface area contributed by atoms with E-state index in [-0.39, 0.29) is 10.6 Å². The molecule has 1 aliphatic rings. The lowest BCUT2D eigenvalue weighted by atomic mass is 10.2. The molecule has 1 aliphatic heterocycles. The van der Waals surface area contributed by atoms with Gasteiger partial charge in [-0.15, -0.1) is 0 Å². The second-order valence-electron chi connectivity index (χ2n) is 6.81. The van der Waals surface area contributed by atoms with Crippen molar-refractivity contribution in [1.82, 2.24) is 4.90 Å². The zero-order chi connectivity index (χ0) is 21.3. The first-order chi connectivity index (χ1) is 14.4. The molecule has 0 bridgehead atoms. The van der Waals surface area contributed by atoms with Crippen molar-refractivity contribution in [1.29, 1.82) is 0 Å². The van der Waals surface area contributed by atoms with Gasteiger partial charge >= 0.3 is 0 Å². The quantitative estimate of drug-likeness (QED) is 0.283. The minimum atomic E-state index is -0.349. The molecular formula is C21H17Cl2N3O3S. The van der Waals surface area contributed by atoms with Gasteiger partial charge in [-0.1, -0.05) is 47.6 Å². The van der Waals surface area contributed by atoms with Gasteiger partial charge in [0.15, 0.2) is 5.76 Å². The van der Waals surface area contributed by atoms with E-state index in [2.05, 4.69) is 0 Å². The molecular weight excluding hydrogens is 445 g/mol. The Hall–Kier alpha value is -2.61. The van der Waals surface area contributed by atoms with E-state index in [0.29, 0.717) is 58.4 Å². The molecule has 0 aliphatic carbocycles. The van der Waals surface area contributed by atoms with Crippen LogP contribution in [0.4, 0.5) is 11.4 Å². The fourth-order valence-electron chi connectivity index (χ4n) is 3.48. The molecule has 3 aromatic rings. The average molecular weight is 462 g/mol. The number of nitro benzene ring substituents is 1. The van der Waals surface area contributed by atoms with Crippen LogP contribution in [0.3, 0.4) is 0 Å². The van der Waals surface area contributed by atoms with Gasteiger partial charge in [-0.3, -0.25) is 10.1 Å². The van der Waals surface area contributed by atoms with E-state index < -0.39 is 0 Å². The van der Waals surface area contributed by atoms with Gasteiger partial charge in [0.05, 0.1) is 9.95 Å². The number of nitrogens with zero attached hydrogens (tertiary/aromatic N) is 3. The topological polar surface area (TPSA) is 62.8 Å². The molecule has 2 heterocycles. The second kappa shape index (κ2) is 8.63. The highest BCUT2D eigenvalue weighted by molar-refractivity contribution is 7.80. The summed E-state index contributed by atoms with van der Waals surface area (Å²) in [7, 11) is 0. The maximum Gasteiger partial charge on any atom is 0.292 e. The highest BCUT2D eigenvalue weighted by atomic mass is 35.5. The van der Waals surface area contributed by atoms with Crippen LogP contribution in [0.2, 0.25) is 10.0 Å². The maximum atomic E-state index is 11.3. The van der Waals surface area contributed by atoms with Crippen LogP contribution in [0.1, 0.15) is 5.76 Å². The normalized spacial score (nSPS) is 14.1. The van der Waals surface area contributed by atoms with E-state index in [1.807, 2.05) is 34.1 Å². The number of hydrogen-bond donors (Lipinski definition) is 0. The van der Waals surface area contributed by atoms with Crippen molar-refractivity contribution >= 4 is 51.8 Å². The lowest BCUT2D eigenvalue weighted by Gasteiger charge is -2.36. The first kappa shape index (κ1) is 20.7. The zero-order valence-electron chi connectivity index (χ0n) is 15.8. The van der Waals surface area contributed by atoms with Crippen molar-refractivity contribution in [2.45, 2.75) is 0 Å². The number of piperazine rings is 1. The van der Waals surface area contributed by atoms with Crippen LogP contribution in [0.15, 0.2) is 59.0 Å². The molecule has 30 heavy (non-hydrogen) atoms. The number of nitro groups is 1. The average Bonchev–Trinajstić information content (AvgIpc) is 3.23. The molecule has 1 aromatic heterocycles. The molecule has 0 amide bonds. The van der Waals surface area contributed by atoms with E-state index in [9.17, 15) is 10.1 Å². The number of rotatable bonds is 4. The molecule has 2 aromatic carbocycles. The van der Waals surface area contributed by atoms with E-state index in [1.54, 1.807) is 24.3 Å². The molecule has 0 radical (unpaired) electrons. The first-order valence-corrected chi connectivity index (χ1v) is 10.4. The molecule has 9 heteroatoms. The Morgan fingerprint density at radius 1 is 1.03 bits per heavy atom. The smallest absolute Gasteiger partial charge is 0.292 e. The lowest BCUT2D eigenvalue weighted by Crippen LogP contribution is -2.48. The van der Waals surface area contributed by atoms with Crippen LogP contribution in [-0.4, -0.2) is 41.0 Å². The highest BCUT2D eigenvalue weighted by Gasteiger charge is 2.25. The molecule has 0 N–H and O–H groups in total. The van der Waals surface area contributed by atoms with Crippen LogP contribution >= 0.6 is 35.4 Å². The van der Waals surface area contributed by atoms with Gasteiger partial charge < -0.3 is 14.2 Å². The fraction of sp³-hybridized carbons (Fsp3) is 0.190. The molecule has 0 saturated carbocycles. The number of furan rings is 1. The Bertz CT molecular complexity index is 1110. The zero-order valence-corrected chi connectivity index (χ0v) is 18.1. The molecule has 0 unspecified atom stereocenters. The van der Waals surface area contributed by atoms with Crippen molar-refractivity contribution in [3.05, 3.63) is 80.5 Å². The SMILES string of the molecule is O=[N+]([O-])c1ccccc1N1CCN(C(=S)c2ccc(-c3ccc(Cl)cc3Cl)o2)CC1. The summed E-state index contributed by atoms with van der Waals surface area (Å²) < 4.78 is 5.95. The van der Waals surface area contributed by atoms with E-state index >= 15 is 0 Å². The van der Waals surface area contributed by atoms with Crippen molar-refractivity contribution < 1.29 is 9.34 Å². The number of hydrogen-bond acceptors (Lipinski definition) is 5. The molecule has 6 nitrogen and oxygen atoms in total. The van der Waals surface area contributed by atoms with Crippen molar-refractivity contribution in [2.75, 3.05) is 31.1 Å². The Labute approximate surface area is 188 Å². The Balaban J connectivity index is 1.45. The Morgan fingerprint density at radius 2 is 1.77 bits per heavy atom. The van der Waals surface area contributed by atoms with Gasteiger partial charge in [-0.2, -0.15) is 0 Å². The molecule has 1 fully saturated rings. The predicted molar refractivity (Wildman–Crippen MR) is 123 cm³/mol. The Morgan fingerprint density at radius 3 is 2.47 bits per heavy atom. The minimum Gasteiger partial charge on any atom is -0.454 e. The monoisotopic (exact) mass is 461 g/mol. The summed E-state index contributed by atoms with van der Waals surface area (Å²) in [6.45, 7) is 2.54. The van der Waals surface area contributed by atoms with Gasteiger partial charge in [-0.05, 0) is 36.4 Å². The van der Waals surface area contributed by atoms with Gasteiger partial charge in [0.25, 0.3) is 5.69 Å². The van der Waals surface area contributed by atoms with Gasteiger partial charge in [0.1, 0.15) is 16.4 Å². The summed E-state index contributed by atoms with van der Waals surface area (Å²) in [5, 5.41) is 12.4. The molecule has 0 spiro atoms. The molecule has 0 atom stereocenters. The van der Waals surface area contributed by atoms with Crippen molar-refractivity contribution in [3.8, 4) is 11.3 Å². The van der Waals surface area contributed by atoms with Crippen LogP contribution in [0.25, 0.3) is 11.3 Å². The Kier molecular flexibility index (Phi) is 5.94.